The molecule has 0 aromatic rings. The number of aliphatic hydroxyl groups excluding tert-OH is 2. The Morgan fingerprint density at radius 3 is 1.68 bits per heavy atom. The molecule has 4 nitrogen and oxygen atoms in total. The van der Waals surface area contributed by atoms with Crippen LogP contribution in [0.1, 0.15) is 90.4 Å². The Balaban J connectivity index is 3.28. The predicted octanol–water partition coefficient (Wildman–Crippen LogP) is 3.33. The maximum Gasteiger partial charge on any atom is 0.180 e. The number of carbonyl (C=O) groups excluding carboxylic acids is 1. The van der Waals surface area contributed by atoms with Gasteiger partial charge in [0, 0.05) is 0 Å². The van der Waals surface area contributed by atoms with E-state index in [4.69, 9.17) is 10.8 Å². The number of Topliss-reactive ketones (excluding diaryl/α,β-unsaturated/α-hetero) is 1. The molecule has 4 N–H and O–H groups in total. The summed E-state index contributed by atoms with van der Waals surface area (Å²) >= 11 is 0. The molecular formula is C18H37NO3. The van der Waals surface area contributed by atoms with Crippen LogP contribution < -0.4 is 5.73 Å². The van der Waals surface area contributed by atoms with Crippen LogP contribution in [-0.2, 0) is 4.79 Å². The van der Waals surface area contributed by atoms with E-state index in [0.717, 1.165) is 12.8 Å². The molecule has 4 heteroatoms. The standard InChI is InChI=1S/C18H37NO3/c1-2-3-4-5-6-7-8-9-10-11-12-13-14-17(21)18(22)16(19)15-20/h16-17,20-21H,2-15,19H2,1H3. The lowest BCUT2D eigenvalue weighted by molar-refractivity contribution is -0.129. The molecular weight excluding hydrogens is 278 g/mol. The lowest BCUT2D eigenvalue weighted by Gasteiger charge is -2.13. The van der Waals surface area contributed by atoms with E-state index >= 15 is 0 Å². The predicted molar refractivity (Wildman–Crippen MR) is 91.8 cm³/mol. The molecule has 0 fully saturated rings. The Morgan fingerprint density at radius 1 is 0.864 bits per heavy atom. The number of aliphatic hydroxyl groups is 2. The number of rotatable bonds is 16. The molecule has 0 radical (unpaired) electrons. The van der Waals surface area contributed by atoms with Crippen LogP contribution in [0.2, 0.25) is 0 Å². The van der Waals surface area contributed by atoms with Gasteiger partial charge in [0.25, 0.3) is 0 Å². The zero-order chi connectivity index (χ0) is 16.6. The van der Waals surface area contributed by atoms with Crippen LogP contribution in [0.3, 0.4) is 0 Å². The normalized spacial score (nSPS) is 14.0. The van der Waals surface area contributed by atoms with Crippen molar-refractivity contribution in [2.45, 2.75) is 103 Å². The van der Waals surface area contributed by atoms with Crippen LogP contribution in [0.25, 0.3) is 0 Å². The molecule has 0 heterocycles. The van der Waals surface area contributed by atoms with Crippen molar-refractivity contribution in [2.75, 3.05) is 6.61 Å². The maximum absolute atomic E-state index is 11.5. The topological polar surface area (TPSA) is 83.5 Å². The summed E-state index contributed by atoms with van der Waals surface area (Å²) in [4.78, 5) is 11.5. The Labute approximate surface area is 136 Å². The second-order valence-electron chi connectivity index (χ2n) is 6.38. The molecule has 0 bridgehead atoms. The highest BCUT2D eigenvalue weighted by molar-refractivity contribution is 5.87. The Morgan fingerprint density at radius 2 is 1.27 bits per heavy atom. The van der Waals surface area contributed by atoms with Gasteiger partial charge in [0.15, 0.2) is 5.78 Å². The van der Waals surface area contributed by atoms with Crippen molar-refractivity contribution in [2.24, 2.45) is 5.73 Å². The van der Waals surface area contributed by atoms with Gasteiger partial charge in [0.05, 0.1) is 12.6 Å². The SMILES string of the molecule is CCCCCCCCCCCCCCC(O)C(=O)C(N)CO. The van der Waals surface area contributed by atoms with Gasteiger partial charge in [0.2, 0.25) is 0 Å². The van der Waals surface area contributed by atoms with Gasteiger partial charge in [-0.3, -0.25) is 4.79 Å². The zero-order valence-electron chi connectivity index (χ0n) is 14.4. The summed E-state index contributed by atoms with van der Waals surface area (Å²) < 4.78 is 0. The smallest absolute Gasteiger partial charge is 0.180 e. The van der Waals surface area contributed by atoms with Crippen molar-refractivity contribution in [1.29, 1.82) is 0 Å². The van der Waals surface area contributed by atoms with Crippen LogP contribution in [0.15, 0.2) is 0 Å². The molecule has 0 rings (SSSR count). The van der Waals surface area contributed by atoms with Gasteiger partial charge in [-0.15, -0.1) is 0 Å². The first-order chi connectivity index (χ1) is 10.6. The van der Waals surface area contributed by atoms with E-state index in [1.807, 2.05) is 0 Å². The van der Waals surface area contributed by atoms with E-state index in [2.05, 4.69) is 6.92 Å². The first-order valence-electron chi connectivity index (χ1n) is 9.21. The molecule has 0 saturated heterocycles. The third-order valence-electron chi connectivity index (χ3n) is 4.22. The minimum atomic E-state index is -1.01. The van der Waals surface area contributed by atoms with Crippen molar-refractivity contribution in [3.8, 4) is 0 Å². The number of hydrogen-bond donors (Lipinski definition) is 3. The van der Waals surface area contributed by atoms with Gasteiger partial charge in [0.1, 0.15) is 6.10 Å². The molecule has 0 saturated carbocycles. The van der Waals surface area contributed by atoms with Gasteiger partial charge in [-0.1, -0.05) is 84.0 Å². The maximum atomic E-state index is 11.5. The van der Waals surface area contributed by atoms with Gasteiger partial charge in [-0.2, -0.15) is 0 Å². The van der Waals surface area contributed by atoms with Crippen molar-refractivity contribution in [3.63, 3.8) is 0 Å². The second kappa shape index (κ2) is 15.4. The van der Waals surface area contributed by atoms with Gasteiger partial charge < -0.3 is 15.9 Å². The Hall–Kier alpha value is -0.450. The van der Waals surface area contributed by atoms with Gasteiger partial charge in [-0.05, 0) is 6.42 Å². The molecule has 0 spiro atoms. The average molecular weight is 315 g/mol. The van der Waals surface area contributed by atoms with E-state index in [1.165, 1.54) is 64.2 Å². The summed E-state index contributed by atoms with van der Waals surface area (Å²) in [7, 11) is 0. The number of carbonyl (C=O) groups is 1. The first-order valence-corrected chi connectivity index (χ1v) is 9.21. The monoisotopic (exact) mass is 315 g/mol. The lowest BCUT2D eigenvalue weighted by Crippen LogP contribution is -2.41. The minimum Gasteiger partial charge on any atom is -0.394 e. The fraction of sp³-hybridized carbons (Fsp3) is 0.944. The van der Waals surface area contributed by atoms with Gasteiger partial charge in [-0.25, -0.2) is 0 Å². The zero-order valence-corrected chi connectivity index (χ0v) is 14.4. The van der Waals surface area contributed by atoms with E-state index < -0.39 is 24.5 Å². The largest absolute Gasteiger partial charge is 0.394 e. The van der Waals surface area contributed by atoms with Crippen molar-refractivity contribution >= 4 is 5.78 Å². The second-order valence-corrected chi connectivity index (χ2v) is 6.38. The number of unbranched alkanes of at least 4 members (excludes halogenated alkanes) is 11. The summed E-state index contributed by atoms with van der Waals surface area (Å²) in [5.41, 5.74) is 5.39. The highest BCUT2D eigenvalue weighted by atomic mass is 16.3. The van der Waals surface area contributed by atoms with Crippen molar-refractivity contribution in [3.05, 3.63) is 0 Å². The van der Waals surface area contributed by atoms with E-state index in [1.54, 1.807) is 0 Å². The molecule has 0 aliphatic heterocycles. The molecule has 0 aliphatic carbocycles. The molecule has 2 unspecified atom stereocenters. The average Bonchev–Trinajstić information content (AvgIpc) is 2.54. The third kappa shape index (κ3) is 12.1. The Bertz CT molecular complexity index is 259. The summed E-state index contributed by atoms with van der Waals surface area (Å²) in [5, 5.41) is 18.4. The molecule has 22 heavy (non-hydrogen) atoms. The summed E-state index contributed by atoms with van der Waals surface area (Å²) in [6, 6.07) is -0.938. The fourth-order valence-corrected chi connectivity index (χ4v) is 2.66. The molecule has 0 amide bonds. The fourth-order valence-electron chi connectivity index (χ4n) is 2.66. The summed E-state index contributed by atoms with van der Waals surface area (Å²) in [6.07, 6.45) is 14.6. The van der Waals surface area contributed by atoms with E-state index in [9.17, 15) is 9.90 Å². The number of nitrogens with two attached hydrogens (primary N) is 1. The lowest BCUT2D eigenvalue weighted by atomic mass is 10.0. The van der Waals surface area contributed by atoms with E-state index in [-0.39, 0.29) is 0 Å². The van der Waals surface area contributed by atoms with Crippen LogP contribution >= 0.6 is 0 Å². The molecule has 132 valence electrons. The van der Waals surface area contributed by atoms with Gasteiger partial charge >= 0.3 is 0 Å². The molecule has 0 aromatic heterocycles. The summed E-state index contributed by atoms with van der Waals surface area (Å²) in [6.45, 7) is 1.85. The highest BCUT2D eigenvalue weighted by Crippen LogP contribution is 2.13. The van der Waals surface area contributed by atoms with Crippen LogP contribution in [0, 0.1) is 0 Å². The van der Waals surface area contributed by atoms with Crippen molar-refractivity contribution in [1.82, 2.24) is 0 Å². The first kappa shape index (κ1) is 21.6. The highest BCUT2D eigenvalue weighted by Gasteiger charge is 2.20. The van der Waals surface area contributed by atoms with Crippen LogP contribution in [0.5, 0.6) is 0 Å². The van der Waals surface area contributed by atoms with Crippen molar-refractivity contribution < 1.29 is 15.0 Å². The molecule has 0 aliphatic rings. The number of hydrogen-bond acceptors (Lipinski definition) is 4. The van der Waals surface area contributed by atoms with E-state index in [0.29, 0.717) is 6.42 Å². The third-order valence-corrected chi connectivity index (χ3v) is 4.22. The molecule has 0 aromatic carbocycles. The molecule has 2 atom stereocenters. The minimum absolute atomic E-state index is 0.395. The van der Waals surface area contributed by atoms with Crippen LogP contribution in [-0.4, -0.2) is 34.7 Å². The number of ketones is 1. The van der Waals surface area contributed by atoms with Crippen LogP contribution in [0.4, 0.5) is 0 Å². The Kier molecular flexibility index (Phi) is 15.1. The summed E-state index contributed by atoms with van der Waals surface area (Å²) in [5.74, 6) is -0.439. The quantitative estimate of drug-likeness (QED) is 0.381.